The molecule has 11 heteroatoms. The SMILES string of the molecule is CCS(=O)(=O)Nc1cccc(C(O)(c2cn(S(=O)(=O)N(C)C)cn2)C2CCCCC2)c1. The minimum Gasteiger partial charge on any atom is -0.378 e. The maximum atomic E-state index is 12.5. The van der Waals surface area contributed by atoms with Crippen LogP contribution >= 0.6 is 0 Å². The summed E-state index contributed by atoms with van der Waals surface area (Å²) in [5.74, 6) is -0.249. The van der Waals surface area contributed by atoms with Crippen LogP contribution in [0, 0.1) is 5.92 Å². The number of aliphatic hydroxyl groups is 1. The van der Waals surface area contributed by atoms with Crippen LogP contribution in [0.3, 0.4) is 0 Å². The lowest BCUT2D eigenvalue weighted by Gasteiger charge is -2.38. The van der Waals surface area contributed by atoms with Crippen LogP contribution in [0.25, 0.3) is 0 Å². The molecular weight excluding hydrogens is 440 g/mol. The Morgan fingerprint density at radius 1 is 1.19 bits per heavy atom. The monoisotopic (exact) mass is 470 g/mol. The molecule has 0 aliphatic heterocycles. The zero-order valence-corrected chi connectivity index (χ0v) is 19.7. The van der Waals surface area contributed by atoms with Gasteiger partial charge in [0.05, 0.1) is 11.4 Å². The molecular formula is C20H30N4O5S2. The van der Waals surface area contributed by atoms with Crippen molar-refractivity contribution in [3.63, 3.8) is 0 Å². The molecule has 2 N–H and O–H groups in total. The molecule has 1 unspecified atom stereocenters. The third-order valence-electron chi connectivity index (χ3n) is 5.83. The highest BCUT2D eigenvalue weighted by Crippen LogP contribution is 2.44. The first-order valence-electron chi connectivity index (χ1n) is 10.3. The number of sulfonamides is 1. The number of nitrogens with zero attached hydrogens (tertiary/aromatic N) is 3. The first-order chi connectivity index (χ1) is 14.5. The van der Waals surface area contributed by atoms with Crippen molar-refractivity contribution in [1.82, 2.24) is 13.3 Å². The lowest BCUT2D eigenvalue weighted by molar-refractivity contribution is -0.00408. The molecule has 1 heterocycles. The average molecular weight is 471 g/mol. The van der Waals surface area contributed by atoms with Gasteiger partial charge in [-0.3, -0.25) is 4.72 Å². The molecule has 9 nitrogen and oxygen atoms in total. The third-order valence-corrected chi connectivity index (χ3v) is 8.79. The number of hydrogen-bond donors (Lipinski definition) is 2. The molecule has 1 atom stereocenters. The van der Waals surface area contributed by atoms with Gasteiger partial charge in [0.2, 0.25) is 10.0 Å². The standard InChI is InChI=1S/C20H30N4O5S2/c1-4-30(26,27)22-18-12-8-11-17(13-18)20(25,16-9-6-5-7-10-16)19-14-24(15-21-19)31(28,29)23(2)3/h8,11-16,22,25H,4-7,9-10H2,1-3H3. The van der Waals surface area contributed by atoms with Gasteiger partial charge < -0.3 is 5.11 Å². The second kappa shape index (κ2) is 8.89. The molecule has 0 bridgehead atoms. The summed E-state index contributed by atoms with van der Waals surface area (Å²) in [5, 5.41) is 12.0. The Labute approximate surface area is 184 Å². The molecule has 0 spiro atoms. The molecule has 1 fully saturated rings. The Bertz CT molecular complexity index is 1120. The summed E-state index contributed by atoms with van der Waals surface area (Å²) < 4.78 is 53.6. The van der Waals surface area contributed by atoms with E-state index in [-0.39, 0.29) is 17.4 Å². The van der Waals surface area contributed by atoms with E-state index >= 15 is 0 Å². The molecule has 1 aromatic carbocycles. The number of benzene rings is 1. The van der Waals surface area contributed by atoms with E-state index in [0.29, 0.717) is 11.3 Å². The molecule has 1 aliphatic carbocycles. The average Bonchev–Trinajstić information content (AvgIpc) is 3.25. The van der Waals surface area contributed by atoms with Gasteiger partial charge in [-0.1, -0.05) is 31.4 Å². The summed E-state index contributed by atoms with van der Waals surface area (Å²) >= 11 is 0. The van der Waals surface area contributed by atoms with E-state index < -0.39 is 25.8 Å². The minimum atomic E-state index is -3.78. The molecule has 3 rings (SSSR count). The van der Waals surface area contributed by atoms with Gasteiger partial charge in [-0.05, 0) is 43.4 Å². The highest BCUT2D eigenvalue weighted by molar-refractivity contribution is 7.92. The van der Waals surface area contributed by atoms with Gasteiger partial charge in [0, 0.05) is 26.0 Å². The van der Waals surface area contributed by atoms with Crippen LogP contribution in [0.1, 0.15) is 50.3 Å². The van der Waals surface area contributed by atoms with Crippen LogP contribution in [0.4, 0.5) is 5.69 Å². The van der Waals surface area contributed by atoms with Gasteiger partial charge in [-0.2, -0.15) is 12.7 Å². The van der Waals surface area contributed by atoms with E-state index in [0.717, 1.165) is 40.4 Å². The number of aromatic nitrogens is 2. The fourth-order valence-electron chi connectivity index (χ4n) is 4.00. The fourth-order valence-corrected chi connectivity index (χ4v) is 5.41. The van der Waals surface area contributed by atoms with E-state index in [2.05, 4.69) is 9.71 Å². The molecule has 1 aromatic heterocycles. The predicted octanol–water partition coefficient (Wildman–Crippen LogP) is 2.12. The maximum absolute atomic E-state index is 12.5. The topological polar surface area (TPSA) is 122 Å². The quantitative estimate of drug-likeness (QED) is 0.609. The molecule has 2 aromatic rings. The molecule has 172 valence electrons. The first-order valence-corrected chi connectivity index (χ1v) is 13.4. The maximum Gasteiger partial charge on any atom is 0.308 e. The smallest absolute Gasteiger partial charge is 0.308 e. The highest BCUT2D eigenvalue weighted by atomic mass is 32.2. The first kappa shape index (κ1) is 23.7. The summed E-state index contributed by atoms with van der Waals surface area (Å²) in [6.45, 7) is 1.54. The van der Waals surface area contributed by atoms with Gasteiger partial charge in [0.1, 0.15) is 11.9 Å². The van der Waals surface area contributed by atoms with E-state index in [1.807, 2.05) is 0 Å². The summed E-state index contributed by atoms with van der Waals surface area (Å²) in [7, 11) is -4.42. The van der Waals surface area contributed by atoms with Crippen LogP contribution in [-0.2, 0) is 25.8 Å². The summed E-state index contributed by atoms with van der Waals surface area (Å²) in [6.07, 6.45) is 7.02. The van der Waals surface area contributed by atoms with Crippen molar-refractivity contribution >= 4 is 25.9 Å². The zero-order chi connectivity index (χ0) is 22.9. The minimum absolute atomic E-state index is 0.0725. The van der Waals surface area contributed by atoms with Crippen molar-refractivity contribution < 1.29 is 21.9 Å². The Morgan fingerprint density at radius 3 is 2.48 bits per heavy atom. The fraction of sp³-hybridized carbons (Fsp3) is 0.550. The van der Waals surface area contributed by atoms with Crippen LogP contribution in [0.2, 0.25) is 0 Å². The van der Waals surface area contributed by atoms with E-state index in [1.165, 1.54) is 26.6 Å². The Kier molecular flexibility index (Phi) is 6.80. The number of imidazole rings is 1. The van der Waals surface area contributed by atoms with Crippen molar-refractivity contribution in [2.45, 2.75) is 44.6 Å². The van der Waals surface area contributed by atoms with Crippen LogP contribution in [0.15, 0.2) is 36.8 Å². The zero-order valence-electron chi connectivity index (χ0n) is 18.0. The van der Waals surface area contributed by atoms with Crippen molar-refractivity contribution in [2.75, 3.05) is 24.6 Å². The van der Waals surface area contributed by atoms with Crippen molar-refractivity contribution in [3.8, 4) is 0 Å². The third kappa shape index (κ3) is 4.79. The van der Waals surface area contributed by atoms with Gasteiger partial charge in [0.15, 0.2) is 0 Å². The predicted molar refractivity (Wildman–Crippen MR) is 119 cm³/mol. The number of nitrogens with one attached hydrogen (secondary N) is 1. The number of rotatable bonds is 8. The second-order valence-electron chi connectivity index (χ2n) is 8.07. The normalized spacial score (nSPS) is 18.1. The van der Waals surface area contributed by atoms with Crippen molar-refractivity contribution in [2.24, 2.45) is 5.92 Å². The van der Waals surface area contributed by atoms with Gasteiger partial charge >= 0.3 is 10.2 Å². The van der Waals surface area contributed by atoms with Crippen LogP contribution in [0.5, 0.6) is 0 Å². The van der Waals surface area contributed by atoms with Crippen LogP contribution in [-0.4, -0.2) is 55.1 Å². The molecule has 31 heavy (non-hydrogen) atoms. The second-order valence-corrected chi connectivity index (χ2v) is 12.1. The summed E-state index contributed by atoms with van der Waals surface area (Å²) in [4.78, 5) is 4.28. The van der Waals surface area contributed by atoms with E-state index in [4.69, 9.17) is 0 Å². The molecule has 0 saturated heterocycles. The molecule has 1 saturated carbocycles. The summed E-state index contributed by atoms with van der Waals surface area (Å²) in [5.41, 5.74) is -0.515. The van der Waals surface area contributed by atoms with Gasteiger partial charge in [0.25, 0.3) is 0 Å². The van der Waals surface area contributed by atoms with Crippen molar-refractivity contribution in [3.05, 3.63) is 48.0 Å². The molecule has 0 radical (unpaired) electrons. The molecule has 1 aliphatic rings. The Hall–Kier alpha value is -1.95. The van der Waals surface area contributed by atoms with Gasteiger partial charge in [-0.15, -0.1) is 0 Å². The highest BCUT2D eigenvalue weighted by Gasteiger charge is 2.43. The Balaban J connectivity index is 2.11. The summed E-state index contributed by atoms with van der Waals surface area (Å²) in [6, 6.07) is 6.61. The van der Waals surface area contributed by atoms with Crippen LogP contribution < -0.4 is 4.72 Å². The van der Waals surface area contributed by atoms with E-state index in [9.17, 15) is 21.9 Å². The Morgan fingerprint density at radius 2 is 1.87 bits per heavy atom. The van der Waals surface area contributed by atoms with Gasteiger partial charge in [-0.25, -0.2) is 17.4 Å². The molecule has 0 amide bonds. The number of anilines is 1. The lowest BCUT2D eigenvalue weighted by atomic mass is 9.72. The lowest BCUT2D eigenvalue weighted by Crippen LogP contribution is -2.38. The van der Waals surface area contributed by atoms with Crippen molar-refractivity contribution in [1.29, 1.82) is 0 Å². The van der Waals surface area contributed by atoms with E-state index in [1.54, 1.807) is 31.2 Å². The number of hydrogen-bond acceptors (Lipinski definition) is 6. The largest absolute Gasteiger partial charge is 0.378 e.